The van der Waals surface area contributed by atoms with Gasteiger partial charge in [-0.05, 0) is 80.4 Å². The van der Waals surface area contributed by atoms with Crippen molar-refractivity contribution in [2.75, 3.05) is 59.3 Å². The van der Waals surface area contributed by atoms with Gasteiger partial charge in [-0.3, -0.25) is 0 Å². The molecule has 0 aromatic heterocycles. The van der Waals surface area contributed by atoms with Crippen LogP contribution in [0.3, 0.4) is 0 Å². The lowest BCUT2D eigenvalue weighted by molar-refractivity contribution is 0.0692. The van der Waals surface area contributed by atoms with Gasteiger partial charge in [-0.1, -0.05) is 19.8 Å². The number of unbranched alkanes of at least 4 members (excludes halogenated alkanes) is 2. The third-order valence-electron chi connectivity index (χ3n) is 5.18. The highest BCUT2D eigenvalue weighted by atomic mass is 28.4. The van der Waals surface area contributed by atoms with Gasteiger partial charge in [0.05, 0.1) is 0 Å². The fraction of sp³-hybridized carbons (Fsp3) is 1.00. The molecule has 0 rings (SSSR count). The molecule has 0 saturated heterocycles. The van der Waals surface area contributed by atoms with Crippen molar-refractivity contribution in [2.24, 2.45) is 0 Å². The number of hydrogen-bond acceptors (Lipinski definition) is 7. The molecule has 0 amide bonds. The standard InChI is InChI=1S/C23H53NO6Si2/c1-8-15-16-19-24(20-17-22-31(25-9-2,26-10-3)27-11-4)21-18-23-32(28-12-5,29-13-6)30-14-7/h8-23H2,1-7H3. The molecular weight excluding hydrogens is 442 g/mol. The highest BCUT2D eigenvalue weighted by Gasteiger charge is 2.41. The summed E-state index contributed by atoms with van der Waals surface area (Å²) in [6, 6.07) is 1.73. The highest BCUT2D eigenvalue weighted by molar-refractivity contribution is 6.61. The highest BCUT2D eigenvalue weighted by Crippen LogP contribution is 2.21. The van der Waals surface area contributed by atoms with E-state index in [0.29, 0.717) is 39.6 Å². The number of hydrogen-bond donors (Lipinski definition) is 0. The van der Waals surface area contributed by atoms with E-state index in [0.717, 1.165) is 44.6 Å². The van der Waals surface area contributed by atoms with Gasteiger partial charge >= 0.3 is 17.6 Å². The smallest absolute Gasteiger partial charge is 0.374 e. The molecule has 0 aliphatic carbocycles. The van der Waals surface area contributed by atoms with E-state index in [1.807, 2.05) is 41.5 Å². The molecule has 7 nitrogen and oxygen atoms in total. The van der Waals surface area contributed by atoms with Crippen LogP contribution in [-0.4, -0.2) is 81.8 Å². The van der Waals surface area contributed by atoms with E-state index in [-0.39, 0.29) is 0 Å². The van der Waals surface area contributed by atoms with E-state index in [1.54, 1.807) is 0 Å². The van der Waals surface area contributed by atoms with Crippen LogP contribution < -0.4 is 0 Å². The third kappa shape index (κ3) is 13.8. The molecule has 0 aliphatic rings. The Bertz CT molecular complexity index is 354. The zero-order valence-corrected chi connectivity index (χ0v) is 24.2. The van der Waals surface area contributed by atoms with E-state index < -0.39 is 17.6 Å². The van der Waals surface area contributed by atoms with Gasteiger partial charge in [-0.25, -0.2) is 0 Å². The lowest BCUT2D eigenvalue weighted by Gasteiger charge is -2.31. The van der Waals surface area contributed by atoms with Crippen molar-refractivity contribution in [1.82, 2.24) is 4.90 Å². The van der Waals surface area contributed by atoms with Crippen LogP contribution in [-0.2, 0) is 26.6 Å². The zero-order valence-electron chi connectivity index (χ0n) is 22.2. The second-order valence-electron chi connectivity index (χ2n) is 7.72. The Hall–Kier alpha value is 0.154. The Morgan fingerprint density at radius 3 is 1.03 bits per heavy atom. The van der Waals surface area contributed by atoms with Gasteiger partial charge in [-0.15, -0.1) is 0 Å². The number of nitrogens with zero attached hydrogens (tertiary/aromatic N) is 1. The second-order valence-corrected chi connectivity index (χ2v) is 13.2. The van der Waals surface area contributed by atoms with E-state index in [2.05, 4.69) is 11.8 Å². The summed E-state index contributed by atoms with van der Waals surface area (Å²) in [5, 5.41) is 0. The lowest BCUT2D eigenvalue weighted by Crippen LogP contribution is -2.47. The molecule has 0 bridgehead atoms. The van der Waals surface area contributed by atoms with Gasteiger partial charge in [0.2, 0.25) is 0 Å². The van der Waals surface area contributed by atoms with Crippen molar-refractivity contribution in [1.29, 1.82) is 0 Å². The maximum absolute atomic E-state index is 6.03. The van der Waals surface area contributed by atoms with Crippen LogP contribution in [0.25, 0.3) is 0 Å². The Kier molecular flexibility index (Phi) is 20.6. The third-order valence-corrected chi connectivity index (χ3v) is 11.5. The average Bonchev–Trinajstić information content (AvgIpc) is 2.75. The van der Waals surface area contributed by atoms with Gasteiger partial charge in [0.25, 0.3) is 0 Å². The fourth-order valence-corrected chi connectivity index (χ4v) is 9.15. The summed E-state index contributed by atoms with van der Waals surface area (Å²) >= 11 is 0. The summed E-state index contributed by atoms with van der Waals surface area (Å²) in [6.45, 7) is 21.3. The van der Waals surface area contributed by atoms with E-state index in [9.17, 15) is 0 Å². The summed E-state index contributed by atoms with van der Waals surface area (Å²) in [5.74, 6) is 0. The predicted molar refractivity (Wildman–Crippen MR) is 136 cm³/mol. The molecule has 0 saturated carbocycles. The van der Waals surface area contributed by atoms with Crippen LogP contribution in [0, 0.1) is 0 Å². The van der Waals surface area contributed by atoms with Crippen LogP contribution in [0.5, 0.6) is 0 Å². The molecule has 0 radical (unpaired) electrons. The van der Waals surface area contributed by atoms with Crippen LogP contribution >= 0.6 is 0 Å². The molecule has 0 aliphatic heterocycles. The van der Waals surface area contributed by atoms with Crippen molar-refractivity contribution in [3.8, 4) is 0 Å². The van der Waals surface area contributed by atoms with Gasteiger partial charge in [0, 0.05) is 51.7 Å². The van der Waals surface area contributed by atoms with Crippen molar-refractivity contribution >= 4 is 17.6 Å². The molecule has 0 aromatic rings. The van der Waals surface area contributed by atoms with Crippen molar-refractivity contribution < 1.29 is 26.6 Å². The van der Waals surface area contributed by atoms with Crippen LogP contribution in [0.1, 0.15) is 80.6 Å². The maximum atomic E-state index is 6.03. The van der Waals surface area contributed by atoms with E-state index in [4.69, 9.17) is 26.6 Å². The Morgan fingerprint density at radius 1 is 0.438 bits per heavy atom. The summed E-state index contributed by atoms with van der Waals surface area (Å²) in [5.41, 5.74) is 0. The average molecular weight is 496 g/mol. The van der Waals surface area contributed by atoms with E-state index in [1.165, 1.54) is 19.3 Å². The van der Waals surface area contributed by atoms with Crippen molar-refractivity contribution in [3.63, 3.8) is 0 Å². The first-order valence-electron chi connectivity index (χ1n) is 13.1. The topological polar surface area (TPSA) is 58.6 Å². The fourth-order valence-electron chi connectivity index (χ4n) is 3.96. The van der Waals surface area contributed by atoms with Crippen LogP contribution in [0.2, 0.25) is 12.1 Å². The van der Waals surface area contributed by atoms with Gasteiger partial charge in [0.15, 0.2) is 0 Å². The second kappa shape index (κ2) is 20.5. The molecule has 0 aromatic carbocycles. The lowest BCUT2D eigenvalue weighted by atomic mass is 10.2. The minimum absolute atomic E-state index is 0.630. The van der Waals surface area contributed by atoms with Crippen molar-refractivity contribution in [2.45, 2.75) is 92.7 Å². The Balaban J connectivity index is 4.93. The molecule has 9 heteroatoms. The largest absolute Gasteiger partial charge is 0.500 e. The van der Waals surface area contributed by atoms with Crippen LogP contribution in [0.15, 0.2) is 0 Å². The van der Waals surface area contributed by atoms with Crippen molar-refractivity contribution in [3.05, 3.63) is 0 Å². The molecule has 194 valence electrons. The number of rotatable bonds is 24. The maximum Gasteiger partial charge on any atom is 0.500 e. The van der Waals surface area contributed by atoms with Crippen LogP contribution in [0.4, 0.5) is 0 Å². The van der Waals surface area contributed by atoms with Gasteiger partial charge in [-0.2, -0.15) is 0 Å². The summed E-state index contributed by atoms with van der Waals surface area (Å²) in [6.07, 6.45) is 5.76. The summed E-state index contributed by atoms with van der Waals surface area (Å²) in [4.78, 5) is 2.57. The van der Waals surface area contributed by atoms with E-state index >= 15 is 0 Å². The minimum atomic E-state index is -2.57. The first-order chi connectivity index (χ1) is 15.5. The predicted octanol–water partition coefficient (Wildman–Crippen LogP) is 5.36. The molecule has 0 unspecified atom stereocenters. The first kappa shape index (κ1) is 32.2. The normalized spacial score (nSPS) is 12.8. The van der Waals surface area contributed by atoms with Gasteiger partial charge in [0.1, 0.15) is 0 Å². The first-order valence-corrected chi connectivity index (χ1v) is 16.9. The molecule has 0 spiro atoms. The molecule has 0 atom stereocenters. The minimum Gasteiger partial charge on any atom is -0.374 e. The molecule has 0 fully saturated rings. The Labute approximate surface area is 201 Å². The summed E-state index contributed by atoms with van der Waals surface area (Å²) in [7, 11) is -5.15. The molecule has 32 heavy (non-hydrogen) atoms. The summed E-state index contributed by atoms with van der Waals surface area (Å²) < 4.78 is 36.2. The Morgan fingerprint density at radius 2 is 0.750 bits per heavy atom. The zero-order chi connectivity index (χ0) is 24.1. The monoisotopic (exact) mass is 495 g/mol. The molecule has 0 heterocycles. The molecule has 0 N–H and O–H groups in total. The quantitative estimate of drug-likeness (QED) is 0.132. The van der Waals surface area contributed by atoms with Gasteiger partial charge < -0.3 is 31.5 Å². The molecular formula is C23H53NO6Si2. The SMILES string of the molecule is CCCCCN(CCC[Si](OCC)(OCC)OCC)CCC[Si](OCC)(OCC)OCC.